The number of nitrogens with two attached hydrogens (primary N) is 1. The molecular formula is C13H25N3O2. The normalized spacial score (nSPS) is 27.7. The highest BCUT2D eigenvalue weighted by molar-refractivity contribution is 5.81. The van der Waals surface area contributed by atoms with Crippen LogP contribution in [0.3, 0.4) is 0 Å². The van der Waals surface area contributed by atoms with Crippen LogP contribution in [-0.4, -0.2) is 43.4 Å². The molecule has 0 aromatic carbocycles. The van der Waals surface area contributed by atoms with Gasteiger partial charge in [-0.1, -0.05) is 13.3 Å². The SMILES string of the molecule is CC1CCCC(C(=O)NCCC(=O)N(C)C)C1N. The smallest absolute Gasteiger partial charge is 0.224 e. The van der Waals surface area contributed by atoms with Crippen molar-refractivity contribution in [2.24, 2.45) is 17.6 Å². The largest absolute Gasteiger partial charge is 0.355 e. The van der Waals surface area contributed by atoms with Gasteiger partial charge in [-0.2, -0.15) is 0 Å². The molecule has 1 saturated carbocycles. The van der Waals surface area contributed by atoms with Crippen LogP contribution in [0.4, 0.5) is 0 Å². The summed E-state index contributed by atoms with van der Waals surface area (Å²) < 4.78 is 0. The van der Waals surface area contributed by atoms with Gasteiger partial charge in [0.2, 0.25) is 11.8 Å². The molecule has 3 atom stereocenters. The van der Waals surface area contributed by atoms with Crippen molar-refractivity contribution in [1.29, 1.82) is 0 Å². The third-order valence-electron chi connectivity index (χ3n) is 3.77. The van der Waals surface area contributed by atoms with E-state index in [2.05, 4.69) is 12.2 Å². The fourth-order valence-electron chi connectivity index (χ4n) is 2.39. The second-order valence-electron chi connectivity index (χ2n) is 5.42. The van der Waals surface area contributed by atoms with E-state index in [-0.39, 0.29) is 23.8 Å². The Kier molecular flexibility index (Phi) is 5.59. The molecule has 0 aromatic rings. The summed E-state index contributed by atoms with van der Waals surface area (Å²) in [7, 11) is 3.42. The standard InChI is InChI=1S/C13H25N3O2/c1-9-5-4-6-10(12(9)14)13(18)15-8-7-11(17)16(2)3/h9-10,12H,4-8,14H2,1-3H3,(H,15,18). The number of hydrogen-bond donors (Lipinski definition) is 2. The van der Waals surface area contributed by atoms with Crippen molar-refractivity contribution >= 4 is 11.8 Å². The topological polar surface area (TPSA) is 75.4 Å². The maximum Gasteiger partial charge on any atom is 0.224 e. The molecule has 18 heavy (non-hydrogen) atoms. The fourth-order valence-corrected chi connectivity index (χ4v) is 2.39. The number of amides is 2. The monoisotopic (exact) mass is 255 g/mol. The van der Waals surface area contributed by atoms with Crippen LogP contribution in [0.25, 0.3) is 0 Å². The molecular weight excluding hydrogens is 230 g/mol. The van der Waals surface area contributed by atoms with E-state index in [1.807, 2.05) is 0 Å². The summed E-state index contributed by atoms with van der Waals surface area (Å²) in [6.07, 6.45) is 3.36. The molecule has 0 aliphatic heterocycles. The van der Waals surface area contributed by atoms with Crippen LogP contribution in [0.5, 0.6) is 0 Å². The average molecular weight is 255 g/mol. The lowest BCUT2D eigenvalue weighted by molar-refractivity contribution is -0.129. The maximum absolute atomic E-state index is 12.0. The molecule has 3 unspecified atom stereocenters. The van der Waals surface area contributed by atoms with E-state index in [9.17, 15) is 9.59 Å². The Morgan fingerprint density at radius 2 is 2.00 bits per heavy atom. The van der Waals surface area contributed by atoms with Crippen molar-refractivity contribution in [3.63, 3.8) is 0 Å². The fraction of sp³-hybridized carbons (Fsp3) is 0.846. The van der Waals surface area contributed by atoms with Crippen LogP contribution in [0.1, 0.15) is 32.6 Å². The third-order valence-corrected chi connectivity index (χ3v) is 3.77. The van der Waals surface area contributed by atoms with Gasteiger partial charge in [-0.25, -0.2) is 0 Å². The Balaban J connectivity index is 2.34. The molecule has 2 amide bonds. The number of nitrogens with one attached hydrogen (secondary N) is 1. The molecule has 104 valence electrons. The predicted molar refractivity (Wildman–Crippen MR) is 70.8 cm³/mol. The number of rotatable bonds is 4. The Morgan fingerprint density at radius 1 is 1.33 bits per heavy atom. The van der Waals surface area contributed by atoms with Crippen molar-refractivity contribution in [3.8, 4) is 0 Å². The summed E-state index contributed by atoms with van der Waals surface area (Å²) in [5.41, 5.74) is 6.07. The lowest BCUT2D eigenvalue weighted by Gasteiger charge is -2.32. The number of nitrogens with zero attached hydrogens (tertiary/aromatic N) is 1. The number of carbonyl (C=O) groups excluding carboxylic acids is 2. The third kappa shape index (κ3) is 3.98. The quantitative estimate of drug-likeness (QED) is 0.761. The second-order valence-corrected chi connectivity index (χ2v) is 5.42. The first kappa shape index (κ1) is 15.0. The maximum atomic E-state index is 12.0. The highest BCUT2D eigenvalue weighted by Gasteiger charge is 2.32. The van der Waals surface area contributed by atoms with E-state index >= 15 is 0 Å². The Hall–Kier alpha value is -1.10. The molecule has 0 heterocycles. The lowest BCUT2D eigenvalue weighted by atomic mass is 9.78. The van der Waals surface area contributed by atoms with E-state index in [4.69, 9.17) is 5.73 Å². The summed E-state index contributed by atoms with van der Waals surface area (Å²) in [5, 5.41) is 2.82. The average Bonchev–Trinajstić information content (AvgIpc) is 2.32. The Morgan fingerprint density at radius 3 is 2.61 bits per heavy atom. The molecule has 0 radical (unpaired) electrons. The zero-order chi connectivity index (χ0) is 13.7. The van der Waals surface area contributed by atoms with Crippen molar-refractivity contribution in [3.05, 3.63) is 0 Å². The van der Waals surface area contributed by atoms with E-state index in [0.29, 0.717) is 18.9 Å². The Bertz CT molecular complexity index is 305. The summed E-state index contributed by atoms with van der Waals surface area (Å²) in [6.45, 7) is 2.49. The van der Waals surface area contributed by atoms with Gasteiger partial charge < -0.3 is 16.0 Å². The van der Waals surface area contributed by atoms with Gasteiger partial charge >= 0.3 is 0 Å². The zero-order valence-electron chi connectivity index (χ0n) is 11.6. The first-order valence-electron chi connectivity index (χ1n) is 6.67. The molecule has 5 nitrogen and oxygen atoms in total. The van der Waals surface area contributed by atoms with Gasteiger partial charge in [-0.15, -0.1) is 0 Å². The van der Waals surface area contributed by atoms with Gasteiger partial charge in [-0.05, 0) is 18.8 Å². The zero-order valence-corrected chi connectivity index (χ0v) is 11.6. The summed E-state index contributed by atoms with van der Waals surface area (Å²) in [4.78, 5) is 24.9. The predicted octanol–water partition coefficient (Wildman–Crippen LogP) is 0.344. The van der Waals surface area contributed by atoms with Gasteiger partial charge in [0.1, 0.15) is 0 Å². The minimum Gasteiger partial charge on any atom is -0.355 e. The first-order valence-corrected chi connectivity index (χ1v) is 6.67. The molecule has 0 spiro atoms. The van der Waals surface area contributed by atoms with E-state index in [0.717, 1.165) is 19.3 Å². The van der Waals surface area contributed by atoms with Crippen LogP contribution in [0.2, 0.25) is 0 Å². The van der Waals surface area contributed by atoms with Gasteiger partial charge in [0, 0.05) is 33.1 Å². The van der Waals surface area contributed by atoms with Crippen LogP contribution in [0.15, 0.2) is 0 Å². The highest BCUT2D eigenvalue weighted by atomic mass is 16.2. The van der Waals surface area contributed by atoms with Crippen LogP contribution in [-0.2, 0) is 9.59 Å². The summed E-state index contributed by atoms with van der Waals surface area (Å²) in [5.74, 6) is 0.332. The summed E-state index contributed by atoms with van der Waals surface area (Å²) in [6, 6.07) is -0.0525. The van der Waals surface area contributed by atoms with Gasteiger partial charge in [0.15, 0.2) is 0 Å². The second kappa shape index (κ2) is 6.73. The van der Waals surface area contributed by atoms with Crippen molar-refractivity contribution < 1.29 is 9.59 Å². The molecule has 1 rings (SSSR count). The van der Waals surface area contributed by atoms with E-state index in [1.54, 1.807) is 14.1 Å². The van der Waals surface area contributed by atoms with Crippen LogP contribution < -0.4 is 11.1 Å². The minimum absolute atomic E-state index is 0.000561. The molecule has 0 saturated heterocycles. The number of carbonyl (C=O) groups is 2. The van der Waals surface area contributed by atoms with Gasteiger partial charge in [0.25, 0.3) is 0 Å². The van der Waals surface area contributed by atoms with Crippen molar-refractivity contribution in [1.82, 2.24) is 10.2 Å². The minimum atomic E-state index is -0.0943. The van der Waals surface area contributed by atoms with E-state index < -0.39 is 0 Å². The number of hydrogen-bond acceptors (Lipinski definition) is 3. The molecule has 5 heteroatoms. The van der Waals surface area contributed by atoms with Gasteiger partial charge in [0.05, 0.1) is 5.92 Å². The first-order chi connectivity index (χ1) is 8.43. The lowest BCUT2D eigenvalue weighted by Crippen LogP contribution is -2.47. The van der Waals surface area contributed by atoms with E-state index in [1.165, 1.54) is 4.90 Å². The molecule has 1 aliphatic rings. The summed E-state index contributed by atoms with van der Waals surface area (Å²) >= 11 is 0. The molecule has 0 bridgehead atoms. The van der Waals surface area contributed by atoms with Crippen molar-refractivity contribution in [2.45, 2.75) is 38.6 Å². The van der Waals surface area contributed by atoms with Crippen molar-refractivity contribution in [2.75, 3.05) is 20.6 Å². The molecule has 1 aliphatic carbocycles. The molecule has 1 fully saturated rings. The van der Waals surface area contributed by atoms with Crippen LogP contribution in [0, 0.1) is 11.8 Å². The van der Waals surface area contributed by atoms with Gasteiger partial charge in [-0.3, -0.25) is 9.59 Å². The van der Waals surface area contributed by atoms with Crippen LogP contribution >= 0.6 is 0 Å². The highest BCUT2D eigenvalue weighted by Crippen LogP contribution is 2.27. The Labute approximate surface area is 109 Å². The molecule has 3 N–H and O–H groups in total. The molecule has 0 aromatic heterocycles.